The second kappa shape index (κ2) is 5.01. The third kappa shape index (κ3) is 2.31. The standard InChI is InChI=1S/C13H16N2O2/c1-9-12(4-5-17-9)13(14-2)10-6-11(16-3)8-15-7-10/h4-8,13-14H,1-3H3. The Labute approximate surface area is 101 Å². The molecule has 2 rings (SSSR count). The van der Waals surface area contributed by atoms with Crippen LogP contribution in [0.1, 0.15) is 22.9 Å². The molecule has 4 heteroatoms. The molecule has 1 N–H and O–H groups in total. The van der Waals surface area contributed by atoms with Crippen LogP contribution in [0.4, 0.5) is 0 Å². The smallest absolute Gasteiger partial charge is 0.137 e. The number of rotatable bonds is 4. The summed E-state index contributed by atoms with van der Waals surface area (Å²) in [5.41, 5.74) is 2.17. The van der Waals surface area contributed by atoms with Gasteiger partial charge in [-0.25, -0.2) is 0 Å². The highest BCUT2D eigenvalue weighted by molar-refractivity contribution is 5.34. The van der Waals surface area contributed by atoms with Gasteiger partial charge in [0.2, 0.25) is 0 Å². The molecule has 17 heavy (non-hydrogen) atoms. The van der Waals surface area contributed by atoms with E-state index in [9.17, 15) is 0 Å². The van der Waals surface area contributed by atoms with Gasteiger partial charge in [-0.2, -0.15) is 0 Å². The number of hydrogen-bond acceptors (Lipinski definition) is 4. The minimum absolute atomic E-state index is 0.0661. The van der Waals surface area contributed by atoms with Crippen molar-refractivity contribution in [1.29, 1.82) is 0 Å². The van der Waals surface area contributed by atoms with Crippen molar-refractivity contribution in [3.8, 4) is 5.75 Å². The molecular formula is C13H16N2O2. The molecule has 1 unspecified atom stereocenters. The number of aromatic nitrogens is 1. The van der Waals surface area contributed by atoms with E-state index in [1.54, 1.807) is 19.6 Å². The molecule has 2 aromatic rings. The Hall–Kier alpha value is -1.81. The van der Waals surface area contributed by atoms with Gasteiger partial charge < -0.3 is 14.5 Å². The van der Waals surface area contributed by atoms with Crippen molar-refractivity contribution in [2.75, 3.05) is 14.2 Å². The summed E-state index contributed by atoms with van der Waals surface area (Å²) in [5, 5.41) is 3.26. The predicted molar refractivity (Wildman–Crippen MR) is 65.1 cm³/mol. The van der Waals surface area contributed by atoms with Gasteiger partial charge in [-0.05, 0) is 31.7 Å². The molecule has 0 bridgehead atoms. The van der Waals surface area contributed by atoms with Crippen LogP contribution < -0.4 is 10.1 Å². The zero-order valence-corrected chi connectivity index (χ0v) is 10.2. The Morgan fingerprint density at radius 2 is 2.24 bits per heavy atom. The lowest BCUT2D eigenvalue weighted by atomic mass is 10.0. The summed E-state index contributed by atoms with van der Waals surface area (Å²) in [6.45, 7) is 1.95. The van der Waals surface area contributed by atoms with Crippen molar-refractivity contribution in [1.82, 2.24) is 10.3 Å². The maximum Gasteiger partial charge on any atom is 0.137 e. The topological polar surface area (TPSA) is 47.3 Å². The molecule has 0 aromatic carbocycles. The molecule has 2 heterocycles. The fourth-order valence-corrected chi connectivity index (χ4v) is 1.90. The van der Waals surface area contributed by atoms with Crippen LogP contribution in [0.25, 0.3) is 0 Å². The second-order valence-corrected chi connectivity index (χ2v) is 3.81. The van der Waals surface area contributed by atoms with Gasteiger partial charge in [0, 0.05) is 11.8 Å². The van der Waals surface area contributed by atoms with Crippen LogP contribution in [0.2, 0.25) is 0 Å². The number of nitrogens with one attached hydrogen (secondary N) is 1. The van der Waals surface area contributed by atoms with Crippen molar-refractivity contribution in [3.63, 3.8) is 0 Å². The first-order valence-electron chi connectivity index (χ1n) is 5.46. The first-order chi connectivity index (χ1) is 8.26. The monoisotopic (exact) mass is 232 g/mol. The molecule has 0 radical (unpaired) electrons. The molecule has 0 aliphatic heterocycles. The zero-order valence-electron chi connectivity index (χ0n) is 10.2. The number of pyridine rings is 1. The first-order valence-corrected chi connectivity index (χ1v) is 5.46. The van der Waals surface area contributed by atoms with Crippen molar-refractivity contribution in [2.24, 2.45) is 0 Å². The third-order valence-corrected chi connectivity index (χ3v) is 2.80. The molecule has 1 atom stereocenters. The molecule has 0 aliphatic rings. The van der Waals surface area contributed by atoms with Crippen LogP contribution in [0, 0.1) is 6.92 Å². The molecule has 4 nitrogen and oxygen atoms in total. The number of furan rings is 1. The number of hydrogen-bond donors (Lipinski definition) is 1. The first kappa shape index (κ1) is 11.7. The van der Waals surface area contributed by atoms with Gasteiger partial charge in [0.1, 0.15) is 11.5 Å². The van der Waals surface area contributed by atoms with E-state index >= 15 is 0 Å². The van der Waals surface area contributed by atoms with E-state index < -0.39 is 0 Å². The zero-order chi connectivity index (χ0) is 12.3. The molecule has 0 saturated heterocycles. The summed E-state index contributed by atoms with van der Waals surface area (Å²) in [5.74, 6) is 1.66. The average Bonchev–Trinajstić information content (AvgIpc) is 2.77. The highest BCUT2D eigenvalue weighted by atomic mass is 16.5. The Morgan fingerprint density at radius 1 is 1.41 bits per heavy atom. The lowest BCUT2D eigenvalue weighted by Crippen LogP contribution is -2.18. The third-order valence-electron chi connectivity index (χ3n) is 2.80. The van der Waals surface area contributed by atoms with E-state index in [0.717, 1.165) is 22.6 Å². The van der Waals surface area contributed by atoms with Crippen molar-refractivity contribution < 1.29 is 9.15 Å². The van der Waals surface area contributed by atoms with Gasteiger partial charge in [0.25, 0.3) is 0 Å². The largest absolute Gasteiger partial charge is 0.495 e. The second-order valence-electron chi connectivity index (χ2n) is 3.81. The number of nitrogens with zero attached hydrogens (tertiary/aromatic N) is 1. The van der Waals surface area contributed by atoms with Crippen LogP contribution in [0.3, 0.4) is 0 Å². The van der Waals surface area contributed by atoms with Crippen LogP contribution >= 0.6 is 0 Å². The van der Waals surface area contributed by atoms with Gasteiger partial charge in [0.15, 0.2) is 0 Å². The van der Waals surface area contributed by atoms with E-state index in [1.807, 2.05) is 32.3 Å². The number of methoxy groups -OCH3 is 1. The van der Waals surface area contributed by atoms with Gasteiger partial charge in [-0.3, -0.25) is 4.98 Å². The molecule has 0 aliphatic carbocycles. The van der Waals surface area contributed by atoms with Gasteiger partial charge in [-0.1, -0.05) is 0 Å². The highest BCUT2D eigenvalue weighted by Gasteiger charge is 2.16. The highest BCUT2D eigenvalue weighted by Crippen LogP contribution is 2.26. The van der Waals surface area contributed by atoms with Crippen LogP contribution in [0.15, 0.2) is 35.2 Å². The van der Waals surface area contributed by atoms with Gasteiger partial charge in [0.05, 0.1) is 25.6 Å². The summed E-state index contributed by atoms with van der Waals surface area (Å²) in [6, 6.07) is 4.01. The summed E-state index contributed by atoms with van der Waals surface area (Å²) >= 11 is 0. The normalized spacial score (nSPS) is 12.4. The van der Waals surface area contributed by atoms with E-state index in [-0.39, 0.29) is 6.04 Å². The van der Waals surface area contributed by atoms with Crippen molar-refractivity contribution in [3.05, 3.63) is 47.7 Å². The SMILES string of the molecule is CNC(c1cncc(OC)c1)c1ccoc1C. The maximum absolute atomic E-state index is 5.33. The van der Waals surface area contributed by atoms with E-state index in [2.05, 4.69) is 10.3 Å². The summed E-state index contributed by atoms with van der Waals surface area (Å²) in [4.78, 5) is 4.17. The molecule has 0 saturated carbocycles. The van der Waals surface area contributed by atoms with Gasteiger partial charge >= 0.3 is 0 Å². The fraction of sp³-hybridized carbons (Fsp3) is 0.308. The van der Waals surface area contributed by atoms with Crippen molar-refractivity contribution in [2.45, 2.75) is 13.0 Å². The maximum atomic E-state index is 5.33. The fourth-order valence-electron chi connectivity index (χ4n) is 1.90. The van der Waals surface area contributed by atoms with E-state index in [4.69, 9.17) is 9.15 Å². The Kier molecular flexibility index (Phi) is 3.44. The van der Waals surface area contributed by atoms with Crippen LogP contribution in [-0.2, 0) is 0 Å². The van der Waals surface area contributed by atoms with E-state index in [0.29, 0.717) is 0 Å². The number of ether oxygens (including phenoxy) is 1. The summed E-state index contributed by atoms with van der Waals surface area (Å²) < 4.78 is 10.5. The minimum Gasteiger partial charge on any atom is -0.495 e. The quantitative estimate of drug-likeness (QED) is 0.878. The van der Waals surface area contributed by atoms with Gasteiger partial charge in [-0.15, -0.1) is 0 Å². The lowest BCUT2D eigenvalue weighted by Gasteiger charge is -2.16. The predicted octanol–water partition coefficient (Wildman–Crippen LogP) is 2.30. The summed E-state index contributed by atoms with van der Waals surface area (Å²) in [7, 11) is 3.55. The average molecular weight is 232 g/mol. The molecule has 90 valence electrons. The lowest BCUT2D eigenvalue weighted by molar-refractivity contribution is 0.411. The Bertz CT molecular complexity index is 494. The Morgan fingerprint density at radius 3 is 2.82 bits per heavy atom. The number of aryl methyl sites for hydroxylation is 1. The molecule has 2 aromatic heterocycles. The Balaban J connectivity index is 2.38. The van der Waals surface area contributed by atoms with Crippen LogP contribution in [-0.4, -0.2) is 19.1 Å². The molecular weight excluding hydrogens is 216 g/mol. The summed E-state index contributed by atoms with van der Waals surface area (Å²) in [6.07, 6.45) is 5.22. The van der Waals surface area contributed by atoms with E-state index in [1.165, 1.54) is 0 Å². The minimum atomic E-state index is 0.0661. The van der Waals surface area contributed by atoms with Crippen molar-refractivity contribution >= 4 is 0 Å². The molecule has 0 amide bonds. The molecule has 0 spiro atoms. The molecule has 0 fully saturated rings. The van der Waals surface area contributed by atoms with Crippen LogP contribution in [0.5, 0.6) is 5.75 Å².